The molecule has 1 aliphatic heterocycles. The van der Waals surface area contributed by atoms with Crippen LogP contribution in [0, 0.1) is 5.92 Å². The zero-order chi connectivity index (χ0) is 27.2. The Morgan fingerprint density at radius 1 is 0.868 bits per heavy atom. The number of carbonyl (C=O) groups is 3. The highest BCUT2D eigenvalue weighted by molar-refractivity contribution is 6.02. The molecule has 1 saturated heterocycles. The summed E-state index contributed by atoms with van der Waals surface area (Å²) in [5.74, 6) is -1.43. The number of hydrogen-bond donors (Lipinski definition) is 3. The van der Waals surface area contributed by atoms with Crippen LogP contribution < -0.4 is 0 Å². The first-order valence-electron chi connectivity index (χ1n) is 13.1. The summed E-state index contributed by atoms with van der Waals surface area (Å²) in [6.45, 7) is 3.47. The Morgan fingerprint density at radius 2 is 1.53 bits per heavy atom. The van der Waals surface area contributed by atoms with Crippen LogP contribution in [0.4, 0.5) is 0 Å². The quantitative estimate of drug-likeness (QED) is 0.163. The molecule has 0 radical (unpaired) electrons. The van der Waals surface area contributed by atoms with Crippen LogP contribution in [0.3, 0.4) is 0 Å². The SMILES string of the molecule is O=C(CCCCC1CCN(Cc2ccccc2)CC1)c1ccccc1-c1cc[nH]c1.O=C(O)/C=C/C(=O)O. The van der Waals surface area contributed by atoms with Crippen molar-refractivity contribution in [2.45, 2.75) is 45.1 Å². The largest absolute Gasteiger partial charge is 0.478 e. The molecular weight excluding hydrogens is 480 g/mol. The summed E-state index contributed by atoms with van der Waals surface area (Å²) in [5.41, 5.74) is 4.39. The van der Waals surface area contributed by atoms with Gasteiger partial charge in [0.15, 0.2) is 5.78 Å². The van der Waals surface area contributed by atoms with E-state index in [9.17, 15) is 14.4 Å². The highest BCUT2D eigenvalue weighted by atomic mass is 16.4. The number of carbonyl (C=O) groups excluding carboxylic acids is 1. The van der Waals surface area contributed by atoms with Gasteiger partial charge in [-0.05, 0) is 61.0 Å². The number of likely N-dealkylation sites (tertiary alicyclic amines) is 1. The number of piperidine rings is 1. The van der Waals surface area contributed by atoms with Gasteiger partial charge in [0.2, 0.25) is 0 Å². The second-order valence-corrected chi connectivity index (χ2v) is 9.53. The third-order valence-electron chi connectivity index (χ3n) is 6.73. The molecule has 2 heterocycles. The van der Waals surface area contributed by atoms with Crippen LogP contribution in [0.2, 0.25) is 0 Å². The van der Waals surface area contributed by atoms with E-state index < -0.39 is 11.9 Å². The maximum absolute atomic E-state index is 12.8. The average Bonchev–Trinajstić information content (AvgIpc) is 3.47. The van der Waals surface area contributed by atoms with Gasteiger partial charge in [-0.2, -0.15) is 0 Å². The van der Waals surface area contributed by atoms with E-state index >= 15 is 0 Å². The van der Waals surface area contributed by atoms with E-state index in [-0.39, 0.29) is 5.78 Å². The van der Waals surface area contributed by atoms with Gasteiger partial charge in [-0.15, -0.1) is 0 Å². The van der Waals surface area contributed by atoms with Gasteiger partial charge < -0.3 is 15.2 Å². The first-order chi connectivity index (χ1) is 18.4. The predicted molar refractivity (Wildman–Crippen MR) is 148 cm³/mol. The van der Waals surface area contributed by atoms with Crippen LogP contribution >= 0.6 is 0 Å². The van der Waals surface area contributed by atoms with Gasteiger partial charge in [-0.1, -0.05) is 67.4 Å². The standard InChI is InChI=1S/C27H32N2O.C4H4O4/c30-27(26-12-6-5-11-25(26)24-14-17-28-20-24)13-7-4-8-22-15-18-29(19-16-22)21-23-9-2-1-3-10-23;5-3(6)1-2-4(7)8/h1-3,5-6,9-12,14,17,20,22,28H,4,7-8,13,15-16,18-19,21H2;1-2H,(H,5,6)(H,7,8)/b;2-1+. The van der Waals surface area contributed by atoms with Crippen molar-refractivity contribution in [3.05, 3.63) is 96.3 Å². The van der Waals surface area contributed by atoms with E-state index in [2.05, 4.69) is 40.2 Å². The summed E-state index contributed by atoms with van der Waals surface area (Å²) in [5, 5.41) is 15.6. The molecular formula is C31H36N2O5. The lowest BCUT2D eigenvalue weighted by molar-refractivity contribution is -0.134. The number of aromatic nitrogens is 1. The molecule has 3 aromatic rings. The Bertz CT molecular complexity index is 1160. The zero-order valence-electron chi connectivity index (χ0n) is 21.6. The molecule has 0 atom stereocenters. The topological polar surface area (TPSA) is 111 Å². The van der Waals surface area contributed by atoms with Crippen molar-refractivity contribution in [2.24, 2.45) is 5.92 Å². The Balaban J connectivity index is 0.000000436. The molecule has 7 nitrogen and oxygen atoms in total. The third kappa shape index (κ3) is 9.82. The van der Waals surface area contributed by atoms with E-state index in [1.54, 1.807) is 0 Å². The summed E-state index contributed by atoms with van der Waals surface area (Å²) in [7, 11) is 0. The molecule has 7 heteroatoms. The van der Waals surface area contributed by atoms with E-state index in [1.807, 2.05) is 42.7 Å². The Hall–Kier alpha value is -3.97. The molecule has 0 amide bonds. The first kappa shape index (κ1) is 28.6. The molecule has 0 bridgehead atoms. The molecule has 1 fully saturated rings. The number of aliphatic carboxylic acids is 2. The molecule has 3 N–H and O–H groups in total. The lowest BCUT2D eigenvalue weighted by Gasteiger charge is -2.32. The van der Waals surface area contributed by atoms with Gasteiger partial charge in [-0.25, -0.2) is 9.59 Å². The van der Waals surface area contributed by atoms with E-state index in [0.29, 0.717) is 18.6 Å². The van der Waals surface area contributed by atoms with Gasteiger partial charge in [0.1, 0.15) is 0 Å². The molecule has 0 aliphatic carbocycles. The lowest BCUT2D eigenvalue weighted by Crippen LogP contribution is -2.33. The number of H-pyrrole nitrogens is 1. The molecule has 0 saturated carbocycles. The van der Waals surface area contributed by atoms with Crippen molar-refractivity contribution in [3.63, 3.8) is 0 Å². The molecule has 1 aliphatic rings. The van der Waals surface area contributed by atoms with Gasteiger partial charge >= 0.3 is 11.9 Å². The Labute approximate surface area is 223 Å². The molecule has 38 heavy (non-hydrogen) atoms. The number of benzene rings is 2. The number of hydrogen-bond acceptors (Lipinski definition) is 4. The van der Waals surface area contributed by atoms with Crippen LogP contribution in [0.5, 0.6) is 0 Å². The molecule has 4 rings (SSSR count). The van der Waals surface area contributed by atoms with Crippen LogP contribution in [-0.2, 0) is 16.1 Å². The summed E-state index contributed by atoms with van der Waals surface area (Å²) in [6, 6.07) is 20.8. The van der Waals surface area contributed by atoms with Crippen LogP contribution in [0.25, 0.3) is 11.1 Å². The number of unbranched alkanes of at least 4 members (excludes halogenated alkanes) is 1. The van der Waals surface area contributed by atoms with Crippen LogP contribution in [0.15, 0.2) is 85.2 Å². The highest BCUT2D eigenvalue weighted by Crippen LogP contribution is 2.27. The van der Waals surface area contributed by atoms with Crippen molar-refractivity contribution >= 4 is 17.7 Å². The van der Waals surface area contributed by atoms with E-state index in [0.717, 1.165) is 42.0 Å². The number of rotatable bonds is 11. The number of ketones is 1. The van der Waals surface area contributed by atoms with Crippen LogP contribution in [0.1, 0.15) is 54.4 Å². The molecule has 1 aromatic heterocycles. The van der Waals surface area contributed by atoms with Gasteiger partial charge in [0.05, 0.1) is 0 Å². The van der Waals surface area contributed by atoms with E-state index in [1.165, 1.54) is 37.9 Å². The fourth-order valence-electron chi connectivity index (χ4n) is 4.74. The van der Waals surface area contributed by atoms with Crippen molar-refractivity contribution in [2.75, 3.05) is 13.1 Å². The number of nitrogens with zero attached hydrogens (tertiary/aromatic N) is 1. The van der Waals surface area contributed by atoms with Crippen molar-refractivity contribution in [1.29, 1.82) is 0 Å². The fraction of sp³-hybridized carbons (Fsp3) is 0.323. The third-order valence-corrected chi connectivity index (χ3v) is 6.73. The number of carboxylic acid groups (broad SMARTS) is 2. The summed E-state index contributed by atoms with van der Waals surface area (Å²) in [4.78, 5) is 37.6. The number of carboxylic acids is 2. The summed E-state index contributed by atoms with van der Waals surface area (Å²) < 4.78 is 0. The predicted octanol–water partition coefficient (Wildman–Crippen LogP) is 6.05. The minimum atomic E-state index is -1.26. The minimum absolute atomic E-state index is 0.268. The molecule has 0 spiro atoms. The monoisotopic (exact) mass is 516 g/mol. The van der Waals surface area contributed by atoms with Crippen LogP contribution in [-0.4, -0.2) is 50.9 Å². The smallest absolute Gasteiger partial charge is 0.328 e. The second kappa shape index (κ2) is 15.3. The minimum Gasteiger partial charge on any atom is -0.478 e. The van der Waals surface area contributed by atoms with E-state index in [4.69, 9.17) is 10.2 Å². The van der Waals surface area contributed by atoms with Crippen molar-refractivity contribution in [1.82, 2.24) is 9.88 Å². The highest BCUT2D eigenvalue weighted by Gasteiger charge is 2.19. The van der Waals surface area contributed by atoms with Gasteiger partial charge in [0.25, 0.3) is 0 Å². The van der Waals surface area contributed by atoms with Gasteiger partial charge in [-0.3, -0.25) is 9.69 Å². The number of Topliss-reactive ketones (excluding diaryl/α,β-unsaturated/α-hetero) is 1. The summed E-state index contributed by atoms with van der Waals surface area (Å²) >= 11 is 0. The molecule has 2 aromatic carbocycles. The number of nitrogens with one attached hydrogen (secondary N) is 1. The Morgan fingerprint density at radius 3 is 2.16 bits per heavy atom. The normalized spacial score (nSPS) is 14.1. The van der Waals surface area contributed by atoms with Crippen molar-refractivity contribution in [3.8, 4) is 11.1 Å². The maximum atomic E-state index is 12.8. The first-order valence-corrected chi connectivity index (χ1v) is 13.1. The maximum Gasteiger partial charge on any atom is 0.328 e. The Kier molecular flexibility index (Phi) is 11.5. The number of aromatic amines is 1. The molecule has 0 unspecified atom stereocenters. The second-order valence-electron chi connectivity index (χ2n) is 9.53. The fourth-order valence-corrected chi connectivity index (χ4v) is 4.74. The summed E-state index contributed by atoms with van der Waals surface area (Å²) in [6.07, 6.45) is 11.6. The zero-order valence-corrected chi connectivity index (χ0v) is 21.6. The average molecular weight is 517 g/mol. The molecule has 200 valence electrons. The lowest BCUT2D eigenvalue weighted by atomic mass is 9.90. The van der Waals surface area contributed by atoms with Gasteiger partial charge in [0, 0.05) is 43.1 Å². The van der Waals surface area contributed by atoms with Crippen molar-refractivity contribution < 1.29 is 24.6 Å².